The lowest BCUT2D eigenvalue weighted by Gasteiger charge is -2.01. The molecule has 0 unspecified atom stereocenters. The normalized spacial score (nSPS) is 12.5. The Bertz CT molecular complexity index is 514. The molecule has 0 heteroatoms. The maximum atomic E-state index is 3.70. The third-order valence-corrected chi connectivity index (χ3v) is 6.01. The van der Waals surface area contributed by atoms with Crippen LogP contribution in [0.5, 0.6) is 0 Å². The van der Waals surface area contributed by atoms with E-state index in [1.165, 1.54) is 122 Å². The van der Waals surface area contributed by atoms with Crippen molar-refractivity contribution in [2.75, 3.05) is 0 Å². The molecule has 0 nitrogen and oxygen atoms in total. The summed E-state index contributed by atoms with van der Waals surface area (Å²) in [5.41, 5.74) is 0. The Morgan fingerprint density at radius 3 is 0.939 bits per heavy atom. The molecule has 0 aromatic heterocycles. The minimum atomic E-state index is 1.13. The monoisotopic (exact) mass is 452 g/mol. The summed E-state index contributed by atoms with van der Waals surface area (Å²) in [5, 5.41) is 0. The lowest BCUT2D eigenvalue weighted by atomic mass is 10.0. The summed E-state index contributed by atoms with van der Waals surface area (Å²) in [4.78, 5) is 0. The molecule has 0 aliphatic carbocycles. The Labute approximate surface area is 208 Å². The second kappa shape index (κ2) is 30.4. The van der Waals surface area contributed by atoms with Crippen molar-refractivity contribution in [1.29, 1.82) is 0 Å². The highest BCUT2D eigenvalue weighted by atomic mass is 14.0. The molecule has 0 heterocycles. The molecule has 0 fully saturated rings. The zero-order valence-electron chi connectivity index (χ0n) is 22.2. The van der Waals surface area contributed by atoms with Crippen molar-refractivity contribution in [2.45, 2.75) is 135 Å². The first kappa shape index (κ1) is 31.4. The molecule has 0 radical (unpaired) electrons. The molecule has 0 aliphatic heterocycles. The van der Waals surface area contributed by atoms with E-state index in [9.17, 15) is 0 Å². The highest BCUT2D eigenvalue weighted by molar-refractivity contribution is 5.02. The Hall–Kier alpha value is -1.56. The first-order valence-corrected chi connectivity index (χ1v) is 14.3. The summed E-state index contributed by atoms with van der Waals surface area (Å²) in [6.45, 7) is 5.88. The van der Waals surface area contributed by atoms with Gasteiger partial charge in [0.1, 0.15) is 0 Å². The molecule has 0 aromatic carbocycles. The first-order valence-electron chi connectivity index (χ1n) is 14.3. The van der Waals surface area contributed by atoms with Crippen molar-refractivity contribution in [2.24, 2.45) is 0 Å². The molecule has 0 saturated heterocycles. The van der Waals surface area contributed by atoms with Gasteiger partial charge in [-0.05, 0) is 57.8 Å². The summed E-state index contributed by atoms with van der Waals surface area (Å²) in [6, 6.07) is 0. The SMILES string of the molecule is C=CC=CCCCCCCCCCCCCC=CC=CCCCCCCCC=CC=CCC. The Morgan fingerprint density at radius 1 is 0.364 bits per heavy atom. The molecule has 188 valence electrons. The highest BCUT2D eigenvalue weighted by Crippen LogP contribution is 2.12. The predicted molar refractivity (Wildman–Crippen MR) is 154 cm³/mol. The maximum Gasteiger partial charge on any atom is -0.0348 e. The number of rotatable bonds is 25. The van der Waals surface area contributed by atoms with Crippen molar-refractivity contribution < 1.29 is 0 Å². The van der Waals surface area contributed by atoms with Crippen molar-refractivity contribution in [3.8, 4) is 0 Å². The molecule has 0 saturated carbocycles. The number of unbranched alkanes of at least 4 members (excludes halogenated alkanes) is 17. The first-order chi connectivity index (χ1) is 16.4. The van der Waals surface area contributed by atoms with Gasteiger partial charge >= 0.3 is 0 Å². The number of hydrogen-bond acceptors (Lipinski definition) is 0. The molecule has 0 rings (SSSR count). The van der Waals surface area contributed by atoms with Gasteiger partial charge in [-0.15, -0.1) is 0 Å². The molecule has 0 atom stereocenters. The second-order valence-electron chi connectivity index (χ2n) is 9.24. The molecule has 0 amide bonds. The van der Waals surface area contributed by atoms with E-state index < -0.39 is 0 Å². The van der Waals surface area contributed by atoms with Crippen LogP contribution in [0, 0.1) is 0 Å². The number of allylic oxidation sites excluding steroid dienone is 11. The van der Waals surface area contributed by atoms with Crippen LogP contribution < -0.4 is 0 Å². The summed E-state index contributed by atoms with van der Waals surface area (Å²) < 4.78 is 0. The Balaban J connectivity index is 3.22. The predicted octanol–water partition coefficient (Wildman–Crippen LogP) is 11.8. The van der Waals surface area contributed by atoms with Gasteiger partial charge in [0.2, 0.25) is 0 Å². The molecular weight excluding hydrogens is 396 g/mol. The van der Waals surface area contributed by atoms with Crippen LogP contribution in [0.4, 0.5) is 0 Å². The van der Waals surface area contributed by atoms with E-state index in [1.807, 2.05) is 6.08 Å². The fourth-order valence-electron chi connectivity index (χ4n) is 3.92. The van der Waals surface area contributed by atoms with Crippen molar-refractivity contribution in [3.63, 3.8) is 0 Å². The number of hydrogen-bond donors (Lipinski definition) is 0. The quantitative estimate of drug-likeness (QED) is 0.0954. The van der Waals surface area contributed by atoms with Crippen molar-refractivity contribution in [3.05, 3.63) is 73.4 Å². The lowest BCUT2D eigenvalue weighted by Crippen LogP contribution is -1.82. The third-order valence-electron chi connectivity index (χ3n) is 6.01. The molecule has 0 spiro atoms. The van der Waals surface area contributed by atoms with Gasteiger partial charge in [0.05, 0.1) is 0 Å². The minimum absolute atomic E-state index is 1.13. The topological polar surface area (TPSA) is 0 Å². The van der Waals surface area contributed by atoms with Crippen LogP contribution in [0.1, 0.15) is 135 Å². The van der Waals surface area contributed by atoms with Crippen molar-refractivity contribution >= 4 is 0 Å². The van der Waals surface area contributed by atoms with Gasteiger partial charge in [-0.2, -0.15) is 0 Å². The van der Waals surface area contributed by atoms with Gasteiger partial charge in [-0.25, -0.2) is 0 Å². The zero-order chi connectivity index (χ0) is 23.9. The van der Waals surface area contributed by atoms with Crippen LogP contribution in [-0.4, -0.2) is 0 Å². The molecule has 33 heavy (non-hydrogen) atoms. The van der Waals surface area contributed by atoms with Gasteiger partial charge < -0.3 is 0 Å². The molecule has 0 N–H and O–H groups in total. The average Bonchev–Trinajstić information content (AvgIpc) is 2.83. The van der Waals surface area contributed by atoms with Crippen LogP contribution in [0.2, 0.25) is 0 Å². The molecular formula is C33H56. The van der Waals surface area contributed by atoms with Gasteiger partial charge in [0.25, 0.3) is 0 Å². The van der Waals surface area contributed by atoms with Crippen molar-refractivity contribution in [1.82, 2.24) is 0 Å². The summed E-state index contributed by atoms with van der Waals surface area (Å²) in [7, 11) is 0. The van der Waals surface area contributed by atoms with E-state index in [0.29, 0.717) is 0 Å². The Morgan fingerprint density at radius 2 is 0.636 bits per heavy atom. The second-order valence-corrected chi connectivity index (χ2v) is 9.24. The average molecular weight is 453 g/mol. The van der Waals surface area contributed by atoms with Crippen LogP contribution in [-0.2, 0) is 0 Å². The fourth-order valence-corrected chi connectivity index (χ4v) is 3.92. The summed E-state index contributed by atoms with van der Waals surface area (Å²) in [5.74, 6) is 0. The van der Waals surface area contributed by atoms with Gasteiger partial charge in [-0.1, -0.05) is 151 Å². The fraction of sp³-hybridized carbons (Fsp3) is 0.636. The summed E-state index contributed by atoms with van der Waals surface area (Å²) >= 11 is 0. The van der Waals surface area contributed by atoms with E-state index in [-0.39, 0.29) is 0 Å². The van der Waals surface area contributed by atoms with E-state index in [4.69, 9.17) is 0 Å². The Kier molecular flexibility index (Phi) is 29.0. The standard InChI is InChI=1S/C33H56/c1-3-5-7-9-11-13-15-17-19-21-23-25-27-29-31-33-32-30-28-26-24-22-20-18-16-14-12-10-8-6-4-2/h3,5-8,10,12,28,30,32-33H,1,4,9,11,13-27,29,31H2,2H3. The highest BCUT2D eigenvalue weighted by Gasteiger charge is 1.93. The largest absolute Gasteiger partial charge is 0.0991 e. The minimum Gasteiger partial charge on any atom is -0.0991 e. The van der Waals surface area contributed by atoms with Crippen LogP contribution in [0.15, 0.2) is 73.4 Å². The molecule has 0 bridgehead atoms. The molecule has 0 aromatic rings. The third kappa shape index (κ3) is 30.4. The maximum absolute atomic E-state index is 3.70. The lowest BCUT2D eigenvalue weighted by molar-refractivity contribution is 0.553. The van der Waals surface area contributed by atoms with Gasteiger partial charge in [0.15, 0.2) is 0 Å². The van der Waals surface area contributed by atoms with E-state index in [2.05, 4.69) is 74.3 Å². The van der Waals surface area contributed by atoms with Gasteiger partial charge in [-0.3, -0.25) is 0 Å². The van der Waals surface area contributed by atoms with Crippen LogP contribution >= 0.6 is 0 Å². The molecule has 0 aliphatic rings. The summed E-state index contributed by atoms with van der Waals surface area (Å²) in [6.07, 6.45) is 51.1. The zero-order valence-corrected chi connectivity index (χ0v) is 22.2. The van der Waals surface area contributed by atoms with E-state index in [1.54, 1.807) is 0 Å². The van der Waals surface area contributed by atoms with E-state index >= 15 is 0 Å². The van der Waals surface area contributed by atoms with Crippen LogP contribution in [0.3, 0.4) is 0 Å². The van der Waals surface area contributed by atoms with Crippen LogP contribution in [0.25, 0.3) is 0 Å². The van der Waals surface area contributed by atoms with Gasteiger partial charge in [0, 0.05) is 0 Å². The smallest absolute Gasteiger partial charge is 0.0348 e. The van der Waals surface area contributed by atoms with E-state index in [0.717, 1.165) is 6.42 Å².